The van der Waals surface area contributed by atoms with Gasteiger partial charge < -0.3 is 5.11 Å². The lowest BCUT2D eigenvalue weighted by atomic mass is 10.0. The predicted octanol–water partition coefficient (Wildman–Crippen LogP) is 9.55. The number of hydrogen-bond donors (Lipinski definition) is 1. The van der Waals surface area contributed by atoms with Crippen molar-refractivity contribution in [2.24, 2.45) is 0 Å². The first-order valence-corrected chi connectivity index (χ1v) is 14.0. The molecule has 0 saturated carbocycles. The van der Waals surface area contributed by atoms with Gasteiger partial charge in [0, 0.05) is 23.5 Å². The Kier molecular flexibility index (Phi) is 11.0. The Hall–Kier alpha value is -5.00. The number of aromatic nitrogens is 2. The van der Waals surface area contributed by atoms with E-state index in [1.54, 1.807) is 42.7 Å². The number of nitrogens with zero attached hydrogens (tertiary/aromatic N) is 2. The van der Waals surface area contributed by atoms with Crippen LogP contribution in [0.5, 0.6) is 0 Å². The van der Waals surface area contributed by atoms with E-state index in [9.17, 15) is 8.78 Å². The van der Waals surface area contributed by atoms with E-state index in [0.29, 0.717) is 22.5 Å². The van der Waals surface area contributed by atoms with Gasteiger partial charge in [-0.25, -0.2) is 8.78 Å². The Labute approximate surface area is 252 Å². The Bertz CT molecular complexity index is 1740. The van der Waals surface area contributed by atoms with Gasteiger partial charge in [0.15, 0.2) is 0 Å². The molecule has 1 N–H and O–H groups in total. The van der Waals surface area contributed by atoms with Crippen LogP contribution < -0.4 is 0 Å². The van der Waals surface area contributed by atoms with Crippen molar-refractivity contribution in [3.8, 4) is 33.6 Å². The number of rotatable bonds is 4. The molecule has 0 aliphatic heterocycles. The van der Waals surface area contributed by atoms with Crippen LogP contribution in [0.4, 0.5) is 8.78 Å². The van der Waals surface area contributed by atoms with Gasteiger partial charge in [-0.3, -0.25) is 9.97 Å². The molecular formula is C38H34F2N2O. The molecule has 2 heterocycles. The summed E-state index contributed by atoms with van der Waals surface area (Å²) in [5, 5.41) is 9.00. The fourth-order valence-electron chi connectivity index (χ4n) is 4.27. The van der Waals surface area contributed by atoms with Crippen molar-refractivity contribution in [3.63, 3.8) is 0 Å². The van der Waals surface area contributed by atoms with E-state index in [1.165, 1.54) is 28.8 Å². The summed E-state index contributed by atoms with van der Waals surface area (Å²) in [5.41, 5.74) is 8.62. The molecule has 43 heavy (non-hydrogen) atoms. The third kappa shape index (κ3) is 8.99. The van der Waals surface area contributed by atoms with Crippen molar-refractivity contribution in [2.45, 2.75) is 27.4 Å². The molecule has 0 bridgehead atoms. The lowest BCUT2D eigenvalue weighted by Gasteiger charge is -2.05. The van der Waals surface area contributed by atoms with E-state index in [2.05, 4.69) is 65.4 Å². The van der Waals surface area contributed by atoms with Crippen molar-refractivity contribution in [3.05, 3.63) is 168 Å². The second-order valence-electron chi connectivity index (χ2n) is 10.1. The molecule has 4 aromatic carbocycles. The third-order valence-corrected chi connectivity index (χ3v) is 6.63. The summed E-state index contributed by atoms with van der Waals surface area (Å²) in [4.78, 5) is 8.20. The molecule has 0 atom stereocenters. The zero-order valence-corrected chi connectivity index (χ0v) is 24.5. The standard InChI is InChI=1S/C13H12FNO.C13H12.C12H10FN/c1-9-2-3-11(12(14)6-9)13-7-10(8-16)4-5-15-13;1-11-7-9-13(10-8-11)12-5-3-2-4-6-12;1-9-5-6-10(11(13)8-9)12-4-2-3-7-14-12/h2-7,16H,8H2,1H3;2-10H,1H3;2-8H,1H3. The normalized spacial score (nSPS) is 10.2. The van der Waals surface area contributed by atoms with Gasteiger partial charge >= 0.3 is 0 Å². The van der Waals surface area contributed by atoms with Gasteiger partial charge in [-0.15, -0.1) is 0 Å². The van der Waals surface area contributed by atoms with Gasteiger partial charge in [0.05, 0.1) is 18.0 Å². The maximum atomic E-state index is 13.7. The summed E-state index contributed by atoms with van der Waals surface area (Å²) in [5.74, 6) is -0.508. The first-order chi connectivity index (χ1) is 20.8. The van der Waals surface area contributed by atoms with Crippen LogP contribution >= 0.6 is 0 Å². The Morgan fingerprint density at radius 2 is 1.05 bits per heavy atom. The van der Waals surface area contributed by atoms with Crippen LogP contribution in [-0.4, -0.2) is 15.1 Å². The first kappa shape index (κ1) is 30.9. The van der Waals surface area contributed by atoms with E-state index < -0.39 is 0 Å². The maximum absolute atomic E-state index is 13.7. The minimum absolute atomic E-state index is 0.0665. The number of hydrogen-bond acceptors (Lipinski definition) is 3. The Morgan fingerprint density at radius 3 is 1.60 bits per heavy atom. The Balaban J connectivity index is 0.000000148. The van der Waals surface area contributed by atoms with Gasteiger partial charge in [-0.05, 0) is 97.1 Å². The first-order valence-electron chi connectivity index (χ1n) is 14.0. The average Bonchev–Trinajstić information content (AvgIpc) is 3.03. The van der Waals surface area contributed by atoms with E-state index in [4.69, 9.17) is 5.11 Å². The molecule has 6 aromatic rings. The molecule has 216 valence electrons. The molecule has 0 amide bonds. The molecule has 0 radical (unpaired) electrons. The van der Waals surface area contributed by atoms with E-state index in [0.717, 1.165) is 16.7 Å². The van der Waals surface area contributed by atoms with Crippen molar-refractivity contribution in [2.75, 3.05) is 0 Å². The fraction of sp³-hybridized carbons (Fsp3) is 0.105. The van der Waals surface area contributed by atoms with Gasteiger partial charge in [0.2, 0.25) is 0 Å². The molecule has 5 heteroatoms. The van der Waals surface area contributed by atoms with Crippen LogP contribution in [0.3, 0.4) is 0 Å². The summed E-state index contributed by atoms with van der Waals surface area (Å²) in [7, 11) is 0. The smallest absolute Gasteiger partial charge is 0.132 e. The van der Waals surface area contributed by atoms with Crippen molar-refractivity contribution < 1.29 is 13.9 Å². The monoisotopic (exact) mass is 572 g/mol. The molecule has 0 aliphatic carbocycles. The molecule has 0 spiro atoms. The number of aryl methyl sites for hydroxylation is 3. The van der Waals surface area contributed by atoms with Crippen LogP contribution in [0.25, 0.3) is 33.6 Å². The fourth-order valence-corrected chi connectivity index (χ4v) is 4.27. The highest BCUT2D eigenvalue weighted by Gasteiger charge is 2.07. The van der Waals surface area contributed by atoms with Gasteiger partial charge in [-0.2, -0.15) is 0 Å². The highest BCUT2D eigenvalue weighted by atomic mass is 19.1. The number of halogens is 2. The van der Waals surface area contributed by atoms with E-state index >= 15 is 0 Å². The van der Waals surface area contributed by atoms with Crippen LogP contribution in [0, 0.1) is 32.4 Å². The number of benzene rings is 4. The van der Waals surface area contributed by atoms with Crippen molar-refractivity contribution in [1.29, 1.82) is 0 Å². The maximum Gasteiger partial charge on any atom is 0.132 e. The van der Waals surface area contributed by atoms with Crippen LogP contribution in [0.1, 0.15) is 22.3 Å². The summed E-state index contributed by atoms with van der Waals surface area (Å²) < 4.78 is 27.2. The van der Waals surface area contributed by atoms with Crippen molar-refractivity contribution >= 4 is 0 Å². The second-order valence-corrected chi connectivity index (χ2v) is 10.1. The molecule has 3 nitrogen and oxygen atoms in total. The summed E-state index contributed by atoms with van der Waals surface area (Å²) in [6.07, 6.45) is 3.23. The minimum Gasteiger partial charge on any atom is -0.392 e. The van der Waals surface area contributed by atoms with Crippen molar-refractivity contribution in [1.82, 2.24) is 9.97 Å². The number of aliphatic hydroxyl groups excluding tert-OH is 1. The highest BCUT2D eigenvalue weighted by molar-refractivity contribution is 5.63. The lowest BCUT2D eigenvalue weighted by Crippen LogP contribution is -1.91. The summed E-state index contributed by atoms with van der Waals surface area (Å²) in [6.45, 7) is 5.74. The zero-order chi connectivity index (χ0) is 30.6. The van der Waals surface area contributed by atoms with Crippen LogP contribution in [0.2, 0.25) is 0 Å². The van der Waals surface area contributed by atoms with Gasteiger partial charge in [0.25, 0.3) is 0 Å². The quantitative estimate of drug-likeness (QED) is 0.229. The topological polar surface area (TPSA) is 46.0 Å². The number of pyridine rings is 2. The van der Waals surface area contributed by atoms with E-state index in [-0.39, 0.29) is 18.2 Å². The molecule has 0 aliphatic rings. The van der Waals surface area contributed by atoms with Crippen LogP contribution in [-0.2, 0) is 6.61 Å². The van der Waals surface area contributed by atoms with E-state index in [1.807, 2.05) is 44.2 Å². The second kappa shape index (κ2) is 15.3. The third-order valence-electron chi connectivity index (χ3n) is 6.63. The minimum atomic E-state index is -0.289. The summed E-state index contributed by atoms with van der Waals surface area (Å²) in [6, 6.07) is 38.1. The van der Waals surface area contributed by atoms with Crippen LogP contribution in [0.15, 0.2) is 134 Å². The molecule has 2 aromatic heterocycles. The predicted molar refractivity (Wildman–Crippen MR) is 171 cm³/mol. The zero-order valence-electron chi connectivity index (χ0n) is 24.5. The Morgan fingerprint density at radius 1 is 0.512 bits per heavy atom. The van der Waals surface area contributed by atoms with Gasteiger partial charge in [-0.1, -0.05) is 78.4 Å². The lowest BCUT2D eigenvalue weighted by molar-refractivity contribution is 0.282. The number of aliphatic hydroxyl groups is 1. The molecule has 0 saturated heterocycles. The largest absolute Gasteiger partial charge is 0.392 e. The van der Waals surface area contributed by atoms with Gasteiger partial charge in [0.1, 0.15) is 11.6 Å². The molecule has 0 unspecified atom stereocenters. The molecular weight excluding hydrogens is 538 g/mol. The highest BCUT2D eigenvalue weighted by Crippen LogP contribution is 2.23. The SMILES string of the molecule is Cc1ccc(-c2cc(CO)ccn2)c(F)c1.Cc1ccc(-c2ccccc2)cc1.Cc1ccc(-c2ccccn2)c(F)c1. The average molecular weight is 573 g/mol. The molecule has 0 fully saturated rings. The molecule has 6 rings (SSSR count). The summed E-state index contributed by atoms with van der Waals surface area (Å²) >= 11 is 0.